The number of aryl methyl sites for hydroxylation is 2. The van der Waals surface area contributed by atoms with Gasteiger partial charge in [0.1, 0.15) is 0 Å². The number of nitrogens with one attached hydrogen (secondary N) is 1. The first kappa shape index (κ1) is 19.2. The molecule has 2 aliphatic carbocycles. The minimum Gasteiger partial charge on any atom is -0.383 e. The molecule has 0 radical (unpaired) electrons. The molecule has 0 spiro atoms. The molecule has 3 aromatic rings. The highest BCUT2D eigenvalue weighted by Crippen LogP contribution is 2.40. The van der Waals surface area contributed by atoms with E-state index in [-0.39, 0.29) is 5.78 Å². The Morgan fingerprint density at radius 1 is 1.03 bits per heavy atom. The van der Waals surface area contributed by atoms with Crippen LogP contribution in [-0.2, 0) is 24.1 Å². The molecule has 3 aliphatic rings. The fourth-order valence-corrected chi connectivity index (χ4v) is 5.33. The van der Waals surface area contributed by atoms with Crippen molar-refractivity contribution in [1.82, 2.24) is 9.97 Å². The van der Waals surface area contributed by atoms with Gasteiger partial charge in [-0.1, -0.05) is 6.07 Å². The molecule has 158 valence electrons. The van der Waals surface area contributed by atoms with Gasteiger partial charge in [-0.25, -0.2) is 0 Å². The summed E-state index contributed by atoms with van der Waals surface area (Å²) in [4.78, 5) is 22.0. The lowest BCUT2D eigenvalue weighted by Gasteiger charge is -2.22. The summed E-state index contributed by atoms with van der Waals surface area (Å²) >= 11 is 0. The molecule has 1 aromatic carbocycles. The Labute approximate surface area is 188 Å². The summed E-state index contributed by atoms with van der Waals surface area (Å²) in [6, 6.07) is 6.46. The maximum Gasteiger partial charge on any atom is 0.167 e. The summed E-state index contributed by atoms with van der Waals surface area (Å²) < 4.78 is 0. The smallest absolute Gasteiger partial charge is 0.167 e. The molecule has 6 rings (SSSR count). The third-order valence-corrected chi connectivity index (χ3v) is 7.00. The van der Waals surface area contributed by atoms with E-state index in [1.165, 1.54) is 28.0 Å². The minimum absolute atomic E-state index is 0.202. The Hall–Kier alpha value is -3.53. The highest BCUT2D eigenvalue weighted by molar-refractivity contribution is 6.26. The van der Waals surface area contributed by atoms with Crippen molar-refractivity contribution < 1.29 is 4.79 Å². The standard InChI is InChI=1S/C28H25N3O/c1-16-8-20-12-27(32)24(11-18-9-19-5-7-29-14-21(19)10-18)23(20)13-22(16)25-15-31-26-4-3-6-30-28(26)17(25)2/h5,7-8,10-11,13-15,30H,3-4,6,9,12H2,1-2H3/b24-11-. The predicted molar refractivity (Wildman–Crippen MR) is 129 cm³/mol. The number of hydrogen-bond acceptors (Lipinski definition) is 4. The highest BCUT2D eigenvalue weighted by atomic mass is 16.1. The van der Waals surface area contributed by atoms with Crippen molar-refractivity contribution in [1.29, 1.82) is 0 Å². The van der Waals surface area contributed by atoms with Crippen LogP contribution in [0.4, 0.5) is 5.69 Å². The van der Waals surface area contributed by atoms with Gasteiger partial charge in [0.2, 0.25) is 0 Å². The van der Waals surface area contributed by atoms with Crippen molar-refractivity contribution in [3.8, 4) is 11.1 Å². The fourth-order valence-electron chi connectivity index (χ4n) is 5.33. The molecule has 4 nitrogen and oxygen atoms in total. The molecule has 0 fully saturated rings. The largest absolute Gasteiger partial charge is 0.383 e. The van der Waals surface area contributed by atoms with Crippen molar-refractivity contribution in [2.24, 2.45) is 0 Å². The number of carbonyl (C=O) groups is 1. The Morgan fingerprint density at radius 2 is 1.94 bits per heavy atom. The molecule has 0 atom stereocenters. The molecular weight excluding hydrogens is 394 g/mol. The summed E-state index contributed by atoms with van der Waals surface area (Å²) in [6.45, 7) is 5.31. The molecule has 0 unspecified atom stereocenters. The Kier molecular flexibility index (Phi) is 4.35. The van der Waals surface area contributed by atoms with Gasteiger partial charge in [0, 0.05) is 42.7 Å². The number of ketones is 1. The second kappa shape index (κ2) is 7.27. The maximum atomic E-state index is 13.0. The van der Waals surface area contributed by atoms with E-state index < -0.39 is 0 Å². The molecule has 0 saturated carbocycles. The number of hydrogen-bond donors (Lipinski definition) is 1. The van der Waals surface area contributed by atoms with E-state index in [0.29, 0.717) is 6.42 Å². The van der Waals surface area contributed by atoms with Crippen LogP contribution in [0.1, 0.15) is 45.5 Å². The molecule has 0 amide bonds. The van der Waals surface area contributed by atoms with Crippen LogP contribution in [0.15, 0.2) is 48.4 Å². The average Bonchev–Trinajstić information content (AvgIpc) is 3.34. The lowest BCUT2D eigenvalue weighted by molar-refractivity contribution is -0.112. The van der Waals surface area contributed by atoms with Gasteiger partial charge in [0.15, 0.2) is 5.78 Å². The maximum absolute atomic E-state index is 13.0. The number of rotatable bonds is 2. The van der Waals surface area contributed by atoms with Gasteiger partial charge < -0.3 is 5.32 Å². The van der Waals surface area contributed by atoms with Crippen molar-refractivity contribution in [2.45, 2.75) is 39.5 Å². The van der Waals surface area contributed by atoms with Crippen LogP contribution in [0.5, 0.6) is 0 Å². The molecule has 0 saturated heterocycles. The third-order valence-electron chi connectivity index (χ3n) is 7.00. The predicted octanol–water partition coefficient (Wildman–Crippen LogP) is 5.27. The van der Waals surface area contributed by atoms with E-state index in [2.05, 4.69) is 54.5 Å². The monoisotopic (exact) mass is 419 g/mol. The van der Waals surface area contributed by atoms with Crippen LogP contribution in [0, 0.1) is 13.8 Å². The van der Waals surface area contributed by atoms with Crippen LogP contribution < -0.4 is 5.32 Å². The summed E-state index contributed by atoms with van der Waals surface area (Å²) in [5.74, 6) is 0.202. The zero-order chi connectivity index (χ0) is 21.8. The molecule has 1 N–H and O–H groups in total. The topological polar surface area (TPSA) is 54.9 Å². The Balaban J connectivity index is 1.44. The number of Topliss-reactive ketones (excluding diaryl/α,β-unsaturated/α-hetero) is 1. The summed E-state index contributed by atoms with van der Waals surface area (Å²) in [7, 11) is 0. The number of benzene rings is 1. The quantitative estimate of drug-likeness (QED) is 0.575. The second-order valence-corrected chi connectivity index (χ2v) is 9.10. The molecule has 4 heteroatoms. The van der Waals surface area contributed by atoms with E-state index in [1.807, 2.05) is 18.6 Å². The first-order chi connectivity index (χ1) is 15.6. The van der Waals surface area contributed by atoms with Crippen LogP contribution in [-0.4, -0.2) is 22.3 Å². The number of aromatic nitrogens is 2. The lowest BCUT2D eigenvalue weighted by Crippen LogP contribution is -2.15. The van der Waals surface area contributed by atoms with Crippen molar-refractivity contribution in [3.05, 3.63) is 87.5 Å². The summed E-state index contributed by atoms with van der Waals surface area (Å²) in [6.07, 6.45) is 13.5. The first-order valence-electron chi connectivity index (χ1n) is 11.3. The SMILES string of the molecule is Cc1cc2c(cc1-c1cnc3c(c1C)NCCC3)/C(=C/C1=Cc3cnccc3C1)C(=O)C2. The van der Waals surface area contributed by atoms with E-state index in [9.17, 15) is 4.79 Å². The third kappa shape index (κ3) is 3.01. The number of anilines is 1. The first-order valence-corrected chi connectivity index (χ1v) is 11.3. The fraction of sp³-hybridized carbons (Fsp3) is 0.250. The van der Waals surface area contributed by atoms with Gasteiger partial charge >= 0.3 is 0 Å². The van der Waals surface area contributed by atoms with Crippen LogP contribution in [0.25, 0.3) is 22.8 Å². The van der Waals surface area contributed by atoms with E-state index >= 15 is 0 Å². The number of allylic oxidation sites excluding steroid dienone is 3. The Morgan fingerprint density at radius 3 is 2.81 bits per heavy atom. The van der Waals surface area contributed by atoms with Gasteiger partial charge in [-0.3, -0.25) is 14.8 Å². The number of nitrogens with zero attached hydrogens (tertiary/aromatic N) is 2. The minimum atomic E-state index is 0.202. The van der Waals surface area contributed by atoms with E-state index in [1.54, 1.807) is 0 Å². The van der Waals surface area contributed by atoms with E-state index in [4.69, 9.17) is 4.98 Å². The van der Waals surface area contributed by atoms with E-state index in [0.717, 1.165) is 64.9 Å². The van der Waals surface area contributed by atoms with Crippen molar-refractivity contribution >= 4 is 23.1 Å². The highest BCUT2D eigenvalue weighted by Gasteiger charge is 2.27. The molecule has 2 aromatic heterocycles. The molecule has 3 heterocycles. The Bertz CT molecular complexity index is 1360. The summed E-state index contributed by atoms with van der Waals surface area (Å²) in [5, 5.41) is 3.55. The number of pyridine rings is 2. The van der Waals surface area contributed by atoms with Gasteiger partial charge in [-0.05, 0) is 102 Å². The van der Waals surface area contributed by atoms with Gasteiger partial charge in [-0.15, -0.1) is 0 Å². The van der Waals surface area contributed by atoms with Gasteiger partial charge in [0.25, 0.3) is 0 Å². The zero-order valence-corrected chi connectivity index (χ0v) is 18.5. The number of carbonyl (C=O) groups excluding carboxylic acids is 1. The van der Waals surface area contributed by atoms with Gasteiger partial charge in [0.05, 0.1) is 11.4 Å². The molecular formula is C28H25N3O. The zero-order valence-electron chi connectivity index (χ0n) is 18.5. The number of fused-ring (bicyclic) bond motifs is 3. The van der Waals surface area contributed by atoms with Crippen LogP contribution in [0.2, 0.25) is 0 Å². The van der Waals surface area contributed by atoms with Crippen molar-refractivity contribution in [3.63, 3.8) is 0 Å². The molecule has 32 heavy (non-hydrogen) atoms. The average molecular weight is 420 g/mol. The summed E-state index contributed by atoms with van der Waals surface area (Å²) in [5.41, 5.74) is 13.7. The molecule has 0 bridgehead atoms. The normalized spacial score (nSPS) is 17.6. The molecule has 1 aliphatic heterocycles. The van der Waals surface area contributed by atoms with Gasteiger partial charge in [-0.2, -0.15) is 0 Å². The van der Waals surface area contributed by atoms with Crippen molar-refractivity contribution in [2.75, 3.05) is 11.9 Å². The second-order valence-electron chi connectivity index (χ2n) is 9.10. The lowest BCUT2D eigenvalue weighted by atomic mass is 9.91. The van der Waals surface area contributed by atoms with Crippen LogP contribution in [0.3, 0.4) is 0 Å². The van der Waals surface area contributed by atoms with Crippen LogP contribution >= 0.6 is 0 Å².